The molecule has 41 heavy (non-hydrogen) atoms. The summed E-state index contributed by atoms with van der Waals surface area (Å²) in [5.41, 5.74) is -1.15. The molecule has 2 atom stereocenters. The molecule has 2 aromatic carbocycles. The zero-order valence-electron chi connectivity index (χ0n) is 22.1. The summed E-state index contributed by atoms with van der Waals surface area (Å²) in [6, 6.07) is 7.55. The Kier molecular flexibility index (Phi) is 8.69. The van der Waals surface area contributed by atoms with E-state index < -0.39 is 65.6 Å². The van der Waals surface area contributed by atoms with Crippen LogP contribution in [0.4, 0.5) is 27.6 Å². The van der Waals surface area contributed by atoms with Crippen molar-refractivity contribution in [1.29, 1.82) is 0 Å². The molecule has 0 radical (unpaired) electrons. The summed E-state index contributed by atoms with van der Waals surface area (Å²) in [7, 11) is 0. The molecule has 0 aliphatic carbocycles. The first-order valence-corrected chi connectivity index (χ1v) is 12.8. The van der Waals surface area contributed by atoms with Crippen molar-refractivity contribution in [1.82, 2.24) is 15.6 Å². The Balaban J connectivity index is 1.65. The van der Waals surface area contributed by atoms with Crippen molar-refractivity contribution < 1.29 is 36.3 Å². The van der Waals surface area contributed by atoms with Crippen LogP contribution in [-0.2, 0) is 28.6 Å². The highest BCUT2D eigenvalue weighted by atomic mass is 19.4. The molecule has 0 fully saturated rings. The number of aryl methyl sites for hydroxylation is 1. The molecule has 0 unspecified atom stereocenters. The Morgan fingerprint density at radius 1 is 1.07 bits per heavy atom. The summed E-state index contributed by atoms with van der Waals surface area (Å²) >= 11 is 0. The lowest BCUT2D eigenvalue weighted by Gasteiger charge is -2.30. The van der Waals surface area contributed by atoms with Crippen LogP contribution in [0.5, 0.6) is 0 Å². The molecule has 1 aliphatic heterocycles. The van der Waals surface area contributed by atoms with Gasteiger partial charge in [0.25, 0.3) is 5.91 Å². The molecule has 3 aromatic rings. The number of hydrogen-bond donors (Lipinski definition) is 2. The van der Waals surface area contributed by atoms with Gasteiger partial charge < -0.3 is 15.5 Å². The molecule has 2 N–H and O–H groups in total. The fourth-order valence-corrected chi connectivity index (χ4v) is 4.83. The SMILES string of the molecule is CC(C)N1C(=O)[C@H](NC(=O)[C@@H](Cc2ccccc2C(F)(F)F)NC(=O)c2ccccn2)CCc2cc(F)cc(F)c21. The molecular formula is C29H27F5N4O3. The Morgan fingerprint density at radius 2 is 1.78 bits per heavy atom. The number of nitrogens with zero attached hydrogens (tertiary/aromatic N) is 2. The number of halogens is 5. The zero-order valence-corrected chi connectivity index (χ0v) is 22.1. The van der Waals surface area contributed by atoms with Crippen LogP contribution in [0.2, 0.25) is 0 Å². The van der Waals surface area contributed by atoms with Gasteiger partial charge in [0.05, 0.1) is 11.3 Å². The third-order valence-corrected chi connectivity index (χ3v) is 6.68. The van der Waals surface area contributed by atoms with Crippen molar-refractivity contribution in [2.75, 3.05) is 4.90 Å². The van der Waals surface area contributed by atoms with Gasteiger partial charge in [-0.1, -0.05) is 24.3 Å². The molecule has 3 amide bonds. The highest BCUT2D eigenvalue weighted by Crippen LogP contribution is 2.34. The van der Waals surface area contributed by atoms with Gasteiger partial charge in [0, 0.05) is 24.7 Å². The standard InChI is InChI=1S/C29H27F5N4O3/c1-16(2)38-25-18(13-19(30)15-21(25)31)10-11-23(28(38)41)36-27(40)24(37-26(39)22-9-5-6-12-35-22)14-17-7-3-4-8-20(17)29(32,33)34/h3-9,12-13,15-16,23-24H,10-11,14H2,1-2H3,(H,36,40)(H,37,39)/t23-,24-/m1/s1. The number of rotatable bonds is 7. The molecule has 12 heteroatoms. The van der Waals surface area contributed by atoms with Crippen LogP contribution in [0.3, 0.4) is 0 Å². The third kappa shape index (κ3) is 6.69. The first kappa shape index (κ1) is 29.6. The molecule has 0 bridgehead atoms. The number of nitrogens with one attached hydrogen (secondary N) is 2. The van der Waals surface area contributed by atoms with E-state index in [0.717, 1.165) is 17.0 Å². The van der Waals surface area contributed by atoms with E-state index in [9.17, 15) is 36.3 Å². The van der Waals surface area contributed by atoms with Crippen LogP contribution < -0.4 is 15.5 Å². The van der Waals surface area contributed by atoms with E-state index in [1.807, 2.05) is 0 Å². The highest BCUT2D eigenvalue weighted by molar-refractivity contribution is 6.02. The van der Waals surface area contributed by atoms with Crippen molar-refractivity contribution in [3.05, 3.63) is 94.8 Å². The number of pyridine rings is 1. The van der Waals surface area contributed by atoms with E-state index in [2.05, 4.69) is 15.6 Å². The summed E-state index contributed by atoms with van der Waals surface area (Å²) in [4.78, 5) is 45.0. The molecule has 4 rings (SSSR count). The van der Waals surface area contributed by atoms with E-state index in [-0.39, 0.29) is 35.3 Å². The van der Waals surface area contributed by atoms with Gasteiger partial charge in [-0.05, 0) is 62.1 Å². The molecule has 1 aromatic heterocycles. The van der Waals surface area contributed by atoms with Gasteiger partial charge in [0.2, 0.25) is 11.8 Å². The van der Waals surface area contributed by atoms with Crippen molar-refractivity contribution in [2.24, 2.45) is 0 Å². The number of anilines is 1. The second kappa shape index (κ2) is 12.0. The quantitative estimate of drug-likeness (QED) is 0.404. The zero-order chi connectivity index (χ0) is 29.9. The number of fused-ring (bicyclic) bond motifs is 1. The molecule has 1 aliphatic rings. The van der Waals surface area contributed by atoms with E-state index in [0.29, 0.717) is 6.07 Å². The van der Waals surface area contributed by atoms with Gasteiger partial charge in [-0.25, -0.2) is 8.78 Å². The van der Waals surface area contributed by atoms with Crippen molar-refractivity contribution in [2.45, 2.75) is 57.4 Å². The maximum Gasteiger partial charge on any atom is 0.416 e. The van der Waals surface area contributed by atoms with Crippen LogP contribution in [0.25, 0.3) is 0 Å². The van der Waals surface area contributed by atoms with Crippen molar-refractivity contribution in [3.8, 4) is 0 Å². The summed E-state index contributed by atoms with van der Waals surface area (Å²) in [5, 5.41) is 4.97. The summed E-state index contributed by atoms with van der Waals surface area (Å²) < 4.78 is 69.9. The number of hydrogen-bond acceptors (Lipinski definition) is 4. The number of benzene rings is 2. The van der Waals surface area contributed by atoms with Gasteiger partial charge in [0.1, 0.15) is 29.4 Å². The third-order valence-electron chi connectivity index (χ3n) is 6.68. The Bertz CT molecular complexity index is 1450. The summed E-state index contributed by atoms with van der Waals surface area (Å²) in [6.07, 6.45) is -3.93. The molecule has 2 heterocycles. The molecule has 0 spiro atoms. The fourth-order valence-electron chi connectivity index (χ4n) is 4.83. The topological polar surface area (TPSA) is 91.4 Å². The highest BCUT2D eigenvalue weighted by Gasteiger charge is 2.38. The van der Waals surface area contributed by atoms with Crippen molar-refractivity contribution in [3.63, 3.8) is 0 Å². The van der Waals surface area contributed by atoms with E-state index in [1.54, 1.807) is 19.9 Å². The molecule has 7 nitrogen and oxygen atoms in total. The van der Waals surface area contributed by atoms with Crippen LogP contribution in [0.1, 0.15) is 47.4 Å². The van der Waals surface area contributed by atoms with Gasteiger partial charge in [-0.2, -0.15) is 13.2 Å². The number of aromatic nitrogens is 1. The van der Waals surface area contributed by atoms with Crippen LogP contribution in [-0.4, -0.2) is 40.8 Å². The normalized spacial score (nSPS) is 16.1. The Labute approximate surface area is 232 Å². The minimum Gasteiger partial charge on any atom is -0.342 e. The van der Waals surface area contributed by atoms with Gasteiger partial charge in [0.15, 0.2) is 0 Å². The molecular weight excluding hydrogens is 547 g/mol. The Hall–Kier alpha value is -4.35. The van der Waals surface area contributed by atoms with Crippen LogP contribution in [0.15, 0.2) is 60.8 Å². The first-order valence-electron chi connectivity index (χ1n) is 12.8. The molecule has 0 saturated carbocycles. The number of amides is 3. The smallest absolute Gasteiger partial charge is 0.342 e. The van der Waals surface area contributed by atoms with Gasteiger partial charge >= 0.3 is 6.18 Å². The largest absolute Gasteiger partial charge is 0.416 e. The Morgan fingerprint density at radius 3 is 2.44 bits per heavy atom. The summed E-state index contributed by atoms with van der Waals surface area (Å²) in [6.45, 7) is 3.25. The lowest BCUT2D eigenvalue weighted by atomic mass is 9.98. The minimum absolute atomic E-state index is 0.0335. The fraction of sp³-hybridized carbons (Fsp3) is 0.310. The van der Waals surface area contributed by atoms with E-state index in [4.69, 9.17) is 0 Å². The molecule has 216 valence electrons. The van der Waals surface area contributed by atoms with Crippen LogP contribution >= 0.6 is 0 Å². The maximum atomic E-state index is 14.8. The van der Waals surface area contributed by atoms with Gasteiger partial charge in [-0.15, -0.1) is 0 Å². The average molecular weight is 575 g/mol. The van der Waals surface area contributed by atoms with Crippen molar-refractivity contribution >= 4 is 23.4 Å². The summed E-state index contributed by atoms with van der Waals surface area (Å²) in [5.74, 6) is -4.16. The minimum atomic E-state index is -4.72. The lowest BCUT2D eigenvalue weighted by Crippen LogP contribution is -2.55. The van der Waals surface area contributed by atoms with E-state index in [1.165, 1.54) is 36.5 Å². The van der Waals surface area contributed by atoms with E-state index >= 15 is 0 Å². The maximum absolute atomic E-state index is 14.8. The van der Waals surface area contributed by atoms with Crippen LogP contribution in [0, 0.1) is 11.6 Å². The molecule has 0 saturated heterocycles. The predicted octanol–water partition coefficient (Wildman–Crippen LogP) is 4.59. The number of alkyl halides is 3. The second-order valence-corrected chi connectivity index (χ2v) is 9.90. The predicted molar refractivity (Wildman–Crippen MR) is 140 cm³/mol. The average Bonchev–Trinajstić information content (AvgIpc) is 3.05. The second-order valence-electron chi connectivity index (χ2n) is 9.90. The first-order chi connectivity index (χ1) is 19.4. The van der Waals surface area contributed by atoms with Gasteiger partial charge in [-0.3, -0.25) is 19.4 Å². The number of carbonyl (C=O) groups excluding carboxylic acids is 3. The monoisotopic (exact) mass is 574 g/mol. The number of carbonyl (C=O) groups is 3. The lowest BCUT2D eigenvalue weighted by molar-refractivity contribution is -0.138.